The van der Waals surface area contributed by atoms with Gasteiger partial charge < -0.3 is 4.90 Å². The predicted octanol–water partition coefficient (Wildman–Crippen LogP) is 4.89. The second kappa shape index (κ2) is 8.66. The summed E-state index contributed by atoms with van der Waals surface area (Å²) in [5.74, 6) is 0.933. The molecule has 0 spiro atoms. The lowest BCUT2D eigenvalue weighted by Gasteiger charge is -2.23. The molecule has 1 aliphatic rings. The van der Waals surface area contributed by atoms with Gasteiger partial charge in [-0.25, -0.2) is 4.99 Å². The standard InChI is InChI=1S/C20H16N4.2ClH/c21-11-5-13-24(14-16-8-1-2-12-22-16)20-17-9-3-6-15-7-4-10-18(23-20)19(15)17;;/h1-4,6-10,12H,5,13-14H2;2*1H. The number of aliphatic imine (C=N–C) groups is 1. The number of hydrogen-bond donors (Lipinski definition) is 0. The van der Waals surface area contributed by atoms with Gasteiger partial charge in [0.2, 0.25) is 0 Å². The van der Waals surface area contributed by atoms with E-state index in [-0.39, 0.29) is 24.8 Å². The molecule has 0 saturated heterocycles. The van der Waals surface area contributed by atoms with Crippen molar-refractivity contribution in [2.75, 3.05) is 6.54 Å². The molecule has 2 aromatic carbocycles. The van der Waals surface area contributed by atoms with Crippen LogP contribution in [0.2, 0.25) is 0 Å². The van der Waals surface area contributed by atoms with E-state index in [2.05, 4.69) is 40.2 Å². The van der Waals surface area contributed by atoms with E-state index in [4.69, 9.17) is 10.3 Å². The Balaban J connectivity index is 0.00000121. The zero-order chi connectivity index (χ0) is 16.4. The Hall–Kier alpha value is -2.61. The number of rotatable bonds is 4. The Bertz CT molecular complexity index is 959. The van der Waals surface area contributed by atoms with Gasteiger partial charge in [-0.05, 0) is 23.6 Å². The first-order chi connectivity index (χ1) is 11.9. The van der Waals surface area contributed by atoms with Crippen molar-refractivity contribution in [3.8, 4) is 6.07 Å². The van der Waals surface area contributed by atoms with E-state index in [1.807, 2.05) is 30.3 Å². The van der Waals surface area contributed by atoms with Crippen LogP contribution < -0.4 is 0 Å². The van der Waals surface area contributed by atoms with E-state index >= 15 is 0 Å². The minimum absolute atomic E-state index is 0. The largest absolute Gasteiger partial charge is 0.349 e. The number of aromatic nitrogens is 1. The third-order valence-corrected chi connectivity index (χ3v) is 4.22. The van der Waals surface area contributed by atoms with Crippen molar-refractivity contribution in [1.29, 1.82) is 5.26 Å². The molecule has 0 fully saturated rings. The van der Waals surface area contributed by atoms with E-state index < -0.39 is 0 Å². The maximum absolute atomic E-state index is 9.02. The number of hydrogen-bond acceptors (Lipinski definition) is 4. The van der Waals surface area contributed by atoms with E-state index in [1.165, 1.54) is 10.8 Å². The van der Waals surface area contributed by atoms with Crippen molar-refractivity contribution in [2.24, 2.45) is 4.99 Å². The summed E-state index contributed by atoms with van der Waals surface area (Å²) in [7, 11) is 0. The molecule has 0 amide bonds. The lowest BCUT2D eigenvalue weighted by molar-refractivity contribution is 0.418. The number of nitriles is 1. The fourth-order valence-electron chi connectivity index (χ4n) is 3.15. The van der Waals surface area contributed by atoms with Gasteiger partial charge in [-0.3, -0.25) is 4.98 Å². The summed E-state index contributed by atoms with van der Waals surface area (Å²) in [5.41, 5.74) is 3.11. The Morgan fingerprint density at radius 2 is 1.77 bits per heavy atom. The summed E-state index contributed by atoms with van der Waals surface area (Å²) >= 11 is 0. The van der Waals surface area contributed by atoms with Crippen LogP contribution in [0.4, 0.5) is 5.69 Å². The van der Waals surface area contributed by atoms with Crippen LogP contribution in [-0.4, -0.2) is 22.3 Å². The zero-order valence-electron chi connectivity index (χ0n) is 14.0. The average molecular weight is 385 g/mol. The molecule has 132 valence electrons. The highest BCUT2D eigenvalue weighted by molar-refractivity contribution is 6.18. The van der Waals surface area contributed by atoms with E-state index in [0.29, 0.717) is 19.5 Å². The van der Waals surface area contributed by atoms with Gasteiger partial charge in [0.1, 0.15) is 5.84 Å². The number of nitrogens with zero attached hydrogens (tertiary/aromatic N) is 4. The number of benzene rings is 2. The van der Waals surface area contributed by atoms with Crippen molar-refractivity contribution in [1.82, 2.24) is 9.88 Å². The maximum atomic E-state index is 9.02. The van der Waals surface area contributed by atoms with Gasteiger partial charge in [0.15, 0.2) is 0 Å². The zero-order valence-corrected chi connectivity index (χ0v) is 15.6. The molecule has 0 unspecified atom stereocenters. The Labute approximate surface area is 165 Å². The lowest BCUT2D eigenvalue weighted by Crippen LogP contribution is -2.31. The summed E-state index contributed by atoms with van der Waals surface area (Å²) in [6.45, 7) is 1.28. The van der Waals surface area contributed by atoms with Crippen molar-refractivity contribution >= 4 is 47.1 Å². The normalized spacial score (nSPS) is 11.1. The van der Waals surface area contributed by atoms with Crippen LogP contribution in [0, 0.1) is 11.3 Å². The Morgan fingerprint density at radius 1 is 0.962 bits per heavy atom. The first-order valence-corrected chi connectivity index (χ1v) is 7.99. The quantitative estimate of drug-likeness (QED) is 0.643. The van der Waals surface area contributed by atoms with Crippen LogP contribution >= 0.6 is 24.8 Å². The summed E-state index contributed by atoms with van der Waals surface area (Å²) in [5, 5.41) is 11.4. The SMILES string of the molecule is Cl.Cl.N#CCCN(Cc1ccccn1)C1=Nc2cccc3cccc1c23. The first kappa shape index (κ1) is 19.7. The second-order valence-corrected chi connectivity index (χ2v) is 5.77. The third-order valence-electron chi connectivity index (χ3n) is 4.22. The smallest absolute Gasteiger partial charge is 0.137 e. The fraction of sp³-hybridized carbons (Fsp3) is 0.150. The average Bonchev–Trinajstić information content (AvgIpc) is 3.01. The molecule has 1 aromatic heterocycles. The van der Waals surface area contributed by atoms with Crippen molar-refractivity contribution in [3.05, 3.63) is 72.1 Å². The molecule has 1 aliphatic heterocycles. The molecule has 0 bridgehead atoms. The van der Waals surface area contributed by atoms with Crippen LogP contribution in [0.25, 0.3) is 10.8 Å². The van der Waals surface area contributed by atoms with Gasteiger partial charge in [-0.2, -0.15) is 5.26 Å². The first-order valence-electron chi connectivity index (χ1n) is 7.99. The van der Waals surface area contributed by atoms with Gasteiger partial charge in [0, 0.05) is 23.7 Å². The molecule has 26 heavy (non-hydrogen) atoms. The van der Waals surface area contributed by atoms with Gasteiger partial charge in [-0.15, -0.1) is 24.8 Å². The maximum Gasteiger partial charge on any atom is 0.137 e. The van der Waals surface area contributed by atoms with Crippen LogP contribution in [-0.2, 0) is 6.54 Å². The molecular weight excluding hydrogens is 367 g/mol. The minimum atomic E-state index is 0. The summed E-state index contributed by atoms with van der Waals surface area (Å²) in [4.78, 5) is 11.4. The van der Waals surface area contributed by atoms with Gasteiger partial charge in [0.25, 0.3) is 0 Å². The van der Waals surface area contributed by atoms with E-state index in [1.54, 1.807) is 6.20 Å². The van der Waals surface area contributed by atoms with Gasteiger partial charge in [-0.1, -0.05) is 36.4 Å². The number of halogens is 2. The molecule has 4 nitrogen and oxygen atoms in total. The van der Waals surface area contributed by atoms with Gasteiger partial charge in [0.05, 0.1) is 30.4 Å². The highest BCUT2D eigenvalue weighted by Crippen LogP contribution is 2.36. The molecule has 0 aliphatic carbocycles. The molecule has 0 saturated carbocycles. The summed E-state index contributed by atoms with van der Waals surface area (Å²) < 4.78 is 0. The van der Waals surface area contributed by atoms with Crippen molar-refractivity contribution < 1.29 is 0 Å². The lowest BCUT2D eigenvalue weighted by atomic mass is 10.0. The topological polar surface area (TPSA) is 52.3 Å². The minimum Gasteiger partial charge on any atom is -0.349 e. The predicted molar refractivity (Wildman–Crippen MR) is 110 cm³/mol. The van der Waals surface area contributed by atoms with Crippen molar-refractivity contribution in [3.63, 3.8) is 0 Å². The summed E-state index contributed by atoms with van der Waals surface area (Å²) in [6, 6.07) is 20.6. The van der Waals surface area contributed by atoms with E-state index in [9.17, 15) is 0 Å². The third kappa shape index (κ3) is 3.65. The van der Waals surface area contributed by atoms with Crippen molar-refractivity contribution in [2.45, 2.75) is 13.0 Å². The Kier molecular flexibility index (Phi) is 6.57. The molecule has 2 heterocycles. The highest BCUT2D eigenvalue weighted by Gasteiger charge is 2.23. The molecule has 6 heteroatoms. The molecule has 4 rings (SSSR count). The fourth-order valence-corrected chi connectivity index (χ4v) is 3.15. The molecular formula is C20H18Cl2N4. The molecule has 0 N–H and O–H groups in total. The molecule has 0 atom stereocenters. The summed E-state index contributed by atoms with van der Waals surface area (Å²) in [6.07, 6.45) is 2.25. The molecule has 3 aromatic rings. The van der Waals surface area contributed by atoms with E-state index in [0.717, 1.165) is 22.8 Å². The second-order valence-electron chi connectivity index (χ2n) is 5.77. The Morgan fingerprint density at radius 3 is 2.50 bits per heavy atom. The monoisotopic (exact) mass is 384 g/mol. The van der Waals surface area contributed by atoms with Crippen LogP contribution in [0.1, 0.15) is 17.7 Å². The van der Waals surface area contributed by atoms with Gasteiger partial charge >= 0.3 is 0 Å². The number of amidine groups is 1. The van der Waals surface area contributed by atoms with Crippen LogP contribution in [0.15, 0.2) is 65.8 Å². The molecule has 0 radical (unpaired) electrons. The highest BCUT2D eigenvalue weighted by atomic mass is 35.5. The van der Waals surface area contributed by atoms with Crippen LogP contribution in [0.5, 0.6) is 0 Å². The number of pyridine rings is 1. The van der Waals surface area contributed by atoms with Crippen LogP contribution in [0.3, 0.4) is 0 Å².